The molecule has 1 aromatic rings. The maximum absolute atomic E-state index is 12.5. The number of nitrogens with one attached hydrogen (secondary N) is 1. The molecule has 6 nitrogen and oxygen atoms in total. The van der Waals surface area contributed by atoms with Gasteiger partial charge in [0.2, 0.25) is 5.91 Å². The van der Waals surface area contributed by atoms with Gasteiger partial charge in [-0.1, -0.05) is 32.0 Å². The Morgan fingerprint density at radius 3 is 2.62 bits per heavy atom. The van der Waals surface area contributed by atoms with E-state index in [0.717, 1.165) is 17.7 Å². The molecular weight excluding hydrogens is 332 g/mol. The monoisotopic (exact) mass is 360 g/mol. The highest BCUT2D eigenvalue weighted by molar-refractivity contribution is 6.00. The SMILES string of the molecule is CCNC(=O)[C@H](C)OC(=O)[C@H]1CC(=O)N(c2ccccc2[C@H](C)CC)C1. The molecule has 142 valence electrons. The molecule has 0 radical (unpaired) electrons. The molecule has 1 aromatic carbocycles. The molecule has 26 heavy (non-hydrogen) atoms. The van der Waals surface area contributed by atoms with E-state index in [0.29, 0.717) is 12.5 Å². The Hall–Kier alpha value is -2.37. The number of esters is 1. The Kier molecular flexibility index (Phi) is 6.77. The molecule has 1 aliphatic heterocycles. The van der Waals surface area contributed by atoms with Gasteiger partial charge in [0.25, 0.3) is 5.91 Å². The van der Waals surface area contributed by atoms with Crippen LogP contribution in [-0.4, -0.2) is 37.0 Å². The van der Waals surface area contributed by atoms with Crippen LogP contribution in [0.5, 0.6) is 0 Å². The number of likely N-dealkylation sites (N-methyl/N-ethyl adjacent to an activating group) is 1. The fraction of sp³-hybridized carbons (Fsp3) is 0.550. The summed E-state index contributed by atoms with van der Waals surface area (Å²) in [7, 11) is 0. The van der Waals surface area contributed by atoms with Gasteiger partial charge in [0.15, 0.2) is 6.10 Å². The molecule has 1 aliphatic rings. The summed E-state index contributed by atoms with van der Waals surface area (Å²) in [4.78, 5) is 38.3. The fourth-order valence-electron chi connectivity index (χ4n) is 3.11. The van der Waals surface area contributed by atoms with Gasteiger partial charge in [-0.2, -0.15) is 0 Å². The first-order valence-electron chi connectivity index (χ1n) is 9.26. The summed E-state index contributed by atoms with van der Waals surface area (Å²) in [5, 5.41) is 2.62. The molecule has 2 rings (SSSR count). The average molecular weight is 360 g/mol. The molecule has 0 unspecified atom stereocenters. The topological polar surface area (TPSA) is 75.7 Å². The average Bonchev–Trinajstić information content (AvgIpc) is 3.03. The van der Waals surface area contributed by atoms with Crippen LogP contribution in [0.15, 0.2) is 24.3 Å². The molecule has 3 atom stereocenters. The lowest BCUT2D eigenvalue weighted by Gasteiger charge is -2.23. The van der Waals surface area contributed by atoms with Crippen LogP contribution in [0.4, 0.5) is 5.69 Å². The Bertz CT molecular complexity index is 674. The van der Waals surface area contributed by atoms with Crippen LogP contribution < -0.4 is 10.2 Å². The van der Waals surface area contributed by atoms with E-state index in [1.807, 2.05) is 24.3 Å². The van der Waals surface area contributed by atoms with Crippen molar-refractivity contribution in [2.45, 2.75) is 52.6 Å². The molecule has 1 saturated heterocycles. The number of carbonyl (C=O) groups excluding carboxylic acids is 3. The lowest BCUT2D eigenvalue weighted by molar-refractivity contribution is -0.158. The van der Waals surface area contributed by atoms with Crippen LogP contribution in [0.2, 0.25) is 0 Å². The summed E-state index contributed by atoms with van der Waals surface area (Å²) in [5.74, 6) is -1.15. The number of para-hydroxylation sites is 1. The van der Waals surface area contributed by atoms with E-state index in [1.54, 1.807) is 11.8 Å². The van der Waals surface area contributed by atoms with Crippen molar-refractivity contribution < 1.29 is 19.1 Å². The van der Waals surface area contributed by atoms with Crippen molar-refractivity contribution in [2.24, 2.45) is 5.92 Å². The minimum absolute atomic E-state index is 0.0895. The normalized spacial score (nSPS) is 19.2. The number of amides is 2. The van der Waals surface area contributed by atoms with E-state index in [1.165, 1.54) is 6.92 Å². The Morgan fingerprint density at radius 1 is 1.27 bits per heavy atom. The van der Waals surface area contributed by atoms with Gasteiger partial charge in [-0.3, -0.25) is 14.4 Å². The van der Waals surface area contributed by atoms with Gasteiger partial charge in [-0.15, -0.1) is 0 Å². The summed E-state index contributed by atoms with van der Waals surface area (Å²) in [6.45, 7) is 8.33. The zero-order valence-electron chi connectivity index (χ0n) is 16.0. The van der Waals surface area contributed by atoms with E-state index in [4.69, 9.17) is 4.74 Å². The zero-order chi connectivity index (χ0) is 19.3. The highest BCUT2D eigenvalue weighted by Gasteiger charge is 2.38. The summed E-state index contributed by atoms with van der Waals surface area (Å²) >= 11 is 0. The van der Waals surface area contributed by atoms with Crippen LogP contribution in [-0.2, 0) is 19.1 Å². The van der Waals surface area contributed by atoms with Gasteiger partial charge >= 0.3 is 5.97 Å². The van der Waals surface area contributed by atoms with Crippen molar-refractivity contribution in [3.8, 4) is 0 Å². The third-order valence-corrected chi connectivity index (χ3v) is 4.84. The first-order valence-corrected chi connectivity index (χ1v) is 9.26. The third-order valence-electron chi connectivity index (χ3n) is 4.84. The molecule has 1 fully saturated rings. The standard InChI is InChI=1S/C20H28N2O4/c1-5-13(3)16-9-7-8-10-17(16)22-12-15(11-18(22)23)20(25)26-14(4)19(24)21-6-2/h7-10,13-15H,5-6,11-12H2,1-4H3,(H,21,24)/t13-,14+,15+/m1/s1. The van der Waals surface area contributed by atoms with Crippen molar-refractivity contribution in [1.82, 2.24) is 5.32 Å². The molecule has 1 heterocycles. The minimum atomic E-state index is -0.862. The summed E-state index contributed by atoms with van der Waals surface area (Å²) < 4.78 is 5.25. The first-order chi connectivity index (χ1) is 12.4. The molecule has 0 saturated carbocycles. The molecular formula is C20H28N2O4. The summed E-state index contributed by atoms with van der Waals surface area (Å²) in [6, 6.07) is 7.81. The zero-order valence-corrected chi connectivity index (χ0v) is 16.0. The van der Waals surface area contributed by atoms with Crippen LogP contribution in [0.25, 0.3) is 0 Å². The van der Waals surface area contributed by atoms with Gasteiger partial charge in [-0.05, 0) is 37.8 Å². The Morgan fingerprint density at radius 2 is 1.96 bits per heavy atom. The first kappa shape index (κ1) is 19.9. The second-order valence-corrected chi connectivity index (χ2v) is 6.75. The van der Waals surface area contributed by atoms with E-state index < -0.39 is 18.0 Å². The number of benzene rings is 1. The second kappa shape index (κ2) is 8.83. The van der Waals surface area contributed by atoms with Gasteiger partial charge in [-0.25, -0.2) is 0 Å². The second-order valence-electron chi connectivity index (χ2n) is 6.75. The van der Waals surface area contributed by atoms with Crippen LogP contribution in [0.1, 0.15) is 52.0 Å². The van der Waals surface area contributed by atoms with Crippen molar-refractivity contribution in [3.05, 3.63) is 29.8 Å². The third kappa shape index (κ3) is 4.42. The lowest BCUT2D eigenvalue weighted by atomic mass is 9.96. The molecule has 0 bridgehead atoms. The van der Waals surface area contributed by atoms with Gasteiger partial charge in [0, 0.05) is 25.2 Å². The van der Waals surface area contributed by atoms with E-state index in [2.05, 4.69) is 19.2 Å². The maximum Gasteiger partial charge on any atom is 0.312 e. The number of hydrogen-bond donors (Lipinski definition) is 1. The quantitative estimate of drug-likeness (QED) is 0.759. The molecule has 1 N–H and O–H groups in total. The molecule has 6 heteroatoms. The van der Waals surface area contributed by atoms with Crippen molar-refractivity contribution in [3.63, 3.8) is 0 Å². The number of ether oxygens (including phenoxy) is 1. The predicted octanol–water partition coefficient (Wildman–Crippen LogP) is 2.62. The number of rotatable bonds is 7. The Labute approximate surface area is 154 Å². The molecule has 0 aliphatic carbocycles. The van der Waals surface area contributed by atoms with Gasteiger partial charge in [0.1, 0.15) is 0 Å². The predicted molar refractivity (Wildman–Crippen MR) is 99.8 cm³/mol. The smallest absolute Gasteiger partial charge is 0.312 e. The fourth-order valence-corrected chi connectivity index (χ4v) is 3.11. The largest absolute Gasteiger partial charge is 0.452 e. The maximum atomic E-state index is 12.5. The van der Waals surface area contributed by atoms with Crippen LogP contribution >= 0.6 is 0 Å². The summed E-state index contributed by atoms with van der Waals surface area (Å²) in [5.41, 5.74) is 1.96. The van der Waals surface area contributed by atoms with Crippen LogP contribution in [0, 0.1) is 5.92 Å². The van der Waals surface area contributed by atoms with Crippen molar-refractivity contribution >= 4 is 23.5 Å². The van der Waals surface area contributed by atoms with Gasteiger partial charge < -0.3 is 15.0 Å². The molecule has 0 spiro atoms. The van der Waals surface area contributed by atoms with Gasteiger partial charge in [0.05, 0.1) is 5.92 Å². The van der Waals surface area contributed by atoms with Crippen LogP contribution in [0.3, 0.4) is 0 Å². The molecule has 2 amide bonds. The molecule has 0 aromatic heterocycles. The van der Waals surface area contributed by atoms with E-state index >= 15 is 0 Å². The Balaban J connectivity index is 2.09. The number of hydrogen-bond acceptors (Lipinski definition) is 4. The van der Waals surface area contributed by atoms with Crippen molar-refractivity contribution in [2.75, 3.05) is 18.0 Å². The number of anilines is 1. The van der Waals surface area contributed by atoms with E-state index in [-0.39, 0.29) is 24.8 Å². The highest BCUT2D eigenvalue weighted by atomic mass is 16.5. The highest BCUT2D eigenvalue weighted by Crippen LogP contribution is 2.33. The number of carbonyl (C=O) groups is 3. The lowest BCUT2D eigenvalue weighted by Crippen LogP contribution is -2.37. The van der Waals surface area contributed by atoms with Crippen molar-refractivity contribution in [1.29, 1.82) is 0 Å². The van der Waals surface area contributed by atoms with E-state index in [9.17, 15) is 14.4 Å². The minimum Gasteiger partial charge on any atom is -0.452 e. The number of nitrogens with zero attached hydrogens (tertiary/aromatic N) is 1. The summed E-state index contributed by atoms with van der Waals surface area (Å²) in [6.07, 6.45) is 0.212.